The fraction of sp³-hybridized carbons (Fsp3) is 0.342. The van der Waals surface area contributed by atoms with Gasteiger partial charge in [0.2, 0.25) is 5.88 Å². The number of pyridine rings is 1. The first-order valence-corrected chi connectivity index (χ1v) is 17.3. The Kier molecular flexibility index (Phi) is 25.1. The molecule has 13 nitrogen and oxygen atoms in total. The minimum absolute atomic E-state index is 0.0176. The molecule has 0 aliphatic heterocycles. The molecule has 1 heterocycles. The van der Waals surface area contributed by atoms with Gasteiger partial charge in [-0.25, -0.2) is 9.59 Å². The van der Waals surface area contributed by atoms with Crippen molar-refractivity contribution in [3.8, 4) is 0 Å². The number of rotatable bonds is 13. The van der Waals surface area contributed by atoms with E-state index in [-0.39, 0.29) is 23.8 Å². The fourth-order valence-corrected chi connectivity index (χ4v) is 3.53. The topological polar surface area (TPSA) is 185 Å². The van der Waals surface area contributed by atoms with Gasteiger partial charge < -0.3 is 21.2 Å². The Hall–Kier alpha value is -6.27. The third-order valence-electron chi connectivity index (χ3n) is 6.87. The lowest BCUT2D eigenvalue weighted by Gasteiger charge is -2.11. The SMILES string of the molecule is C/C=C(/NC(=O)Nc1cccc(C(F)(F)F)c1)ON=NCc1cccnc1.C/C=C\C=C(/C)C(C)CNN=O.CCCC.NC(=O)Nc1cccc(C(F)(F)F)c1. The molecule has 3 aromatic rings. The zero-order chi connectivity index (χ0) is 43.3. The van der Waals surface area contributed by atoms with Crippen LogP contribution in [-0.2, 0) is 23.7 Å². The summed E-state index contributed by atoms with van der Waals surface area (Å²) < 4.78 is 74.5. The highest BCUT2D eigenvalue weighted by atomic mass is 19.4. The minimum Gasteiger partial charge on any atom is -0.351 e. The van der Waals surface area contributed by atoms with Crippen molar-refractivity contribution in [2.24, 2.45) is 27.3 Å². The minimum atomic E-state index is -4.50. The summed E-state index contributed by atoms with van der Waals surface area (Å²) in [6.07, 6.45) is 4.38. The number of benzene rings is 2. The van der Waals surface area contributed by atoms with Crippen molar-refractivity contribution in [1.82, 2.24) is 15.7 Å². The number of allylic oxidation sites excluding steroid dienone is 4. The van der Waals surface area contributed by atoms with Crippen molar-refractivity contribution in [2.45, 2.75) is 73.3 Å². The predicted molar refractivity (Wildman–Crippen MR) is 208 cm³/mol. The molecule has 0 spiro atoms. The first kappa shape index (κ1) is 50.7. The van der Waals surface area contributed by atoms with Gasteiger partial charge in [-0.2, -0.15) is 26.3 Å². The van der Waals surface area contributed by atoms with Gasteiger partial charge in [-0.15, -0.1) is 10.0 Å². The summed E-state index contributed by atoms with van der Waals surface area (Å²) in [7, 11) is 0. The molecule has 19 heteroatoms. The molecule has 4 amide bonds. The summed E-state index contributed by atoms with van der Waals surface area (Å²) in [5.74, 6) is 0.313. The summed E-state index contributed by atoms with van der Waals surface area (Å²) in [4.78, 5) is 40.9. The zero-order valence-electron chi connectivity index (χ0n) is 32.4. The van der Waals surface area contributed by atoms with Crippen LogP contribution in [0.4, 0.5) is 47.3 Å². The number of hydrogen-bond donors (Lipinski definition) is 5. The number of nitrogens with one attached hydrogen (secondary N) is 4. The fourth-order valence-electron chi connectivity index (χ4n) is 3.53. The molecule has 3 rings (SSSR count). The molecule has 1 atom stereocenters. The number of nitroso groups, excluding NO2 is 1. The smallest absolute Gasteiger partial charge is 0.351 e. The molecule has 6 N–H and O–H groups in total. The van der Waals surface area contributed by atoms with Gasteiger partial charge in [0, 0.05) is 40.9 Å². The highest BCUT2D eigenvalue weighted by Crippen LogP contribution is 2.31. The van der Waals surface area contributed by atoms with Gasteiger partial charge in [0.05, 0.1) is 17.7 Å². The Morgan fingerprint density at radius 2 is 1.49 bits per heavy atom. The van der Waals surface area contributed by atoms with Gasteiger partial charge in [0.1, 0.15) is 0 Å². The van der Waals surface area contributed by atoms with E-state index in [4.69, 9.17) is 10.6 Å². The van der Waals surface area contributed by atoms with Gasteiger partial charge in [-0.3, -0.25) is 15.7 Å². The Morgan fingerprint density at radius 3 is 1.95 bits per heavy atom. The number of amides is 4. The third-order valence-corrected chi connectivity index (χ3v) is 6.87. The number of urea groups is 2. The van der Waals surface area contributed by atoms with E-state index < -0.39 is 35.5 Å². The number of nitrogens with two attached hydrogens (primary N) is 1. The molecule has 57 heavy (non-hydrogen) atoms. The highest BCUT2D eigenvalue weighted by molar-refractivity contribution is 5.90. The molecule has 1 unspecified atom stereocenters. The van der Waals surface area contributed by atoms with Crippen LogP contribution in [0.15, 0.2) is 124 Å². The van der Waals surface area contributed by atoms with Crippen molar-refractivity contribution in [3.05, 3.63) is 130 Å². The van der Waals surface area contributed by atoms with Crippen LogP contribution >= 0.6 is 0 Å². The third kappa shape index (κ3) is 24.7. The van der Waals surface area contributed by atoms with Gasteiger partial charge in [0.25, 0.3) is 0 Å². The molecule has 0 radical (unpaired) electrons. The number of nitrogens with zero attached hydrogens (tertiary/aromatic N) is 4. The van der Waals surface area contributed by atoms with E-state index in [2.05, 4.69) is 55.9 Å². The lowest BCUT2D eigenvalue weighted by atomic mass is 10.0. The number of carbonyl (C=O) groups excluding carboxylic acids is 2. The van der Waals surface area contributed by atoms with Gasteiger partial charge in [0.15, 0.2) is 0 Å². The Morgan fingerprint density at radius 1 is 0.912 bits per heavy atom. The summed E-state index contributed by atoms with van der Waals surface area (Å²) in [5.41, 5.74) is 7.53. The van der Waals surface area contributed by atoms with Crippen LogP contribution in [0.1, 0.15) is 71.1 Å². The lowest BCUT2D eigenvalue weighted by Crippen LogP contribution is -2.28. The van der Waals surface area contributed by atoms with Crippen LogP contribution in [0.25, 0.3) is 0 Å². The van der Waals surface area contributed by atoms with Crippen molar-refractivity contribution < 1.29 is 40.8 Å². The molecule has 0 aliphatic carbocycles. The number of carbonyl (C=O) groups is 2. The molecular weight excluding hydrogens is 760 g/mol. The van der Waals surface area contributed by atoms with Crippen LogP contribution in [0, 0.1) is 10.8 Å². The number of anilines is 2. The van der Waals surface area contributed by atoms with Gasteiger partial charge in [-0.1, -0.05) is 75.6 Å². The molecule has 0 saturated carbocycles. The first-order chi connectivity index (χ1) is 26.9. The summed E-state index contributed by atoms with van der Waals surface area (Å²) in [5, 5.41) is 16.5. The van der Waals surface area contributed by atoms with E-state index in [0.717, 1.165) is 29.8 Å². The number of primary amides is 1. The maximum atomic E-state index is 12.7. The van der Waals surface area contributed by atoms with Gasteiger partial charge in [-0.05, 0) is 80.8 Å². The summed E-state index contributed by atoms with van der Waals surface area (Å²) in [6, 6.07) is 10.4. The maximum Gasteiger partial charge on any atom is 0.416 e. The molecule has 312 valence electrons. The van der Waals surface area contributed by atoms with Crippen molar-refractivity contribution >= 4 is 23.4 Å². The maximum absolute atomic E-state index is 12.7. The van der Waals surface area contributed by atoms with Crippen LogP contribution in [0.5, 0.6) is 0 Å². The molecular formula is C38H49F6N9O4. The van der Waals surface area contributed by atoms with Crippen LogP contribution < -0.4 is 27.1 Å². The quantitative estimate of drug-likeness (QED) is 0.0286. The van der Waals surface area contributed by atoms with Gasteiger partial charge >= 0.3 is 24.4 Å². The second-order valence-electron chi connectivity index (χ2n) is 11.5. The standard InChI is InChI=1S/C17H16F3N5O2.C9H16N2O.C8H7F3N2O.C4H10/c1-2-15(27-25-22-11-12-5-4-8-21-10-12)24-16(26)23-14-7-3-6-13(9-14)17(18,19)20;1-4-5-6-8(2)9(3)7-10-11-12;9-8(10,11)5-2-1-3-6(4-5)13-7(12)14;1-3-4-2/h2-10H,11H2,1H3,(H2,23,24,26);4-6,9H,7H2,1-3H3,(H,10,12);1-4H,(H3,12,13,14);3-4H2,1-2H3/b15-2-,25-22?;5-4-,8-6+;;. The molecule has 0 bridgehead atoms. The molecule has 2 aromatic carbocycles. The summed E-state index contributed by atoms with van der Waals surface area (Å²) >= 11 is 0. The normalized spacial score (nSPS) is 12.1. The monoisotopic (exact) mass is 809 g/mol. The number of hydrogen-bond acceptors (Lipinski definition) is 8. The zero-order valence-corrected chi connectivity index (χ0v) is 32.4. The number of unbranched alkanes of at least 4 members (excludes halogenated alkanes) is 1. The Balaban J connectivity index is 0.000000874. The van der Waals surface area contributed by atoms with E-state index in [1.54, 1.807) is 25.4 Å². The number of halogens is 6. The van der Waals surface area contributed by atoms with E-state index in [9.17, 15) is 40.8 Å². The Labute approximate surface area is 327 Å². The van der Waals surface area contributed by atoms with Crippen molar-refractivity contribution in [1.29, 1.82) is 0 Å². The molecule has 0 fully saturated rings. The highest BCUT2D eigenvalue weighted by Gasteiger charge is 2.31. The van der Waals surface area contributed by atoms with Crippen molar-refractivity contribution in [3.63, 3.8) is 0 Å². The first-order valence-electron chi connectivity index (χ1n) is 17.3. The number of alkyl halides is 6. The van der Waals surface area contributed by atoms with E-state index >= 15 is 0 Å². The number of aromatic nitrogens is 1. The van der Waals surface area contributed by atoms with E-state index in [1.807, 2.05) is 45.1 Å². The average Bonchev–Trinajstić information content (AvgIpc) is 3.17. The molecule has 0 aliphatic rings. The van der Waals surface area contributed by atoms with Crippen LogP contribution in [0.2, 0.25) is 0 Å². The second-order valence-corrected chi connectivity index (χ2v) is 11.5. The van der Waals surface area contributed by atoms with Crippen LogP contribution in [-0.4, -0.2) is 23.6 Å². The largest absolute Gasteiger partial charge is 0.416 e. The molecule has 0 saturated heterocycles. The molecule has 1 aromatic heterocycles. The van der Waals surface area contributed by atoms with Crippen LogP contribution in [0.3, 0.4) is 0 Å². The lowest BCUT2D eigenvalue weighted by molar-refractivity contribution is -0.138. The van der Waals surface area contributed by atoms with E-state index in [0.29, 0.717) is 12.5 Å². The van der Waals surface area contributed by atoms with E-state index in [1.165, 1.54) is 48.8 Å². The second kappa shape index (κ2) is 28.2. The van der Waals surface area contributed by atoms with Crippen molar-refractivity contribution in [2.75, 3.05) is 17.2 Å². The summed E-state index contributed by atoms with van der Waals surface area (Å²) in [6.45, 7) is 12.8. The Bertz CT molecular complexity index is 1750. The predicted octanol–water partition coefficient (Wildman–Crippen LogP) is 11.1. The average molecular weight is 810 g/mol.